The number of fused-ring (bicyclic) bond motifs is 2. The lowest BCUT2D eigenvalue weighted by atomic mass is 9.99. The zero-order valence-electron chi connectivity index (χ0n) is 19.5. The second kappa shape index (κ2) is 8.65. The molecule has 1 N–H and O–H groups in total. The molecule has 1 unspecified atom stereocenters. The summed E-state index contributed by atoms with van der Waals surface area (Å²) in [6.45, 7) is -0.991. The Labute approximate surface area is 205 Å². The van der Waals surface area contributed by atoms with Gasteiger partial charge < -0.3 is 14.2 Å². The molecule has 0 aliphatic heterocycles. The molecular formula is C27H24F2N4O3. The minimum absolute atomic E-state index is 0.154. The van der Waals surface area contributed by atoms with Crippen LogP contribution in [-0.2, 0) is 11.2 Å². The summed E-state index contributed by atoms with van der Waals surface area (Å²) in [5, 5.41) is 9.23. The van der Waals surface area contributed by atoms with E-state index in [1.54, 1.807) is 36.7 Å². The molecular weight excluding hydrogens is 466 g/mol. The average molecular weight is 491 g/mol. The van der Waals surface area contributed by atoms with E-state index in [0.717, 1.165) is 46.8 Å². The molecule has 1 aromatic carbocycles. The number of carboxylic acids is 1. The lowest BCUT2D eigenvalue weighted by Crippen LogP contribution is -2.09. The molecule has 184 valence electrons. The molecule has 6 rings (SSSR count). The number of aliphatic carboxylic acids is 1. The highest BCUT2D eigenvalue weighted by Crippen LogP contribution is 2.61. The van der Waals surface area contributed by atoms with E-state index < -0.39 is 12.6 Å². The molecule has 0 spiro atoms. The molecule has 7 nitrogen and oxygen atoms in total. The van der Waals surface area contributed by atoms with Crippen LogP contribution in [0.15, 0.2) is 55.0 Å². The van der Waals surface area contributed by atoms with E-state index in [0.29, 0.717) is 12.0 Å². The fraction of sp³-hybridized carbons (Fsp3) is 0.333. The van der Waals surface area contributed by atoms with Crippen LogP contribution < -0.4 is 4.74 Å². The van der Waals surface area contributed by atoms with Gasteiger partial charge in [0.15, 0.2) is 0 Å². The van der Waals surface area contributed by atoms with Gasteiger partial charge in [-0.3, -0.25) is 4.79 Å². The zero-order valence-corrected chi connectivity index (χ0v) is 19.5. The molecule has 36 heavy (non-hydrogen) atoms. The topological polar surface area (TPSA) is 89.6 Å². The second-order valence-corrected chi connectivity index (χ2v) is 9.64. The Morgan fingerprint density at radius 3 is 2.53 bits per heavy atom. The van der Waals surface area contributed by atoms with Crippen molar-refractivity contribution in [1.82, 2.24) is 19.4 Å². The smallest absolute Gasteiger partial charge is 0.387 e. The van der Waals surface area contributed by atoms with E-state index in [1.165, 1.54) is 0 Å². The van der Waals surface area contributed by atoms with Crippen LogP contribution >= 0.6 is 0 Å². The van der Waals surface area contributed by atoms with Gasteiger partial charge in [0.25, 0.3) is 0 Å². The SMILES string of the molecule is Cc1nc2ccc(-c3cnc(C4C[C@@H]5[C@H](C4)[C@H]5C(=O)O)nc3)cn2c1Cc1ccccc1OC(F)F. The number of carboxylic acid groups (broad SMARTS) is 1. The van der Waals surface area contributed by atoms with Crippen LogP contribution in [-0.4, -0.2) is 37.0 Å². The molecule has 2 aliphatic carbocycles. The molecule has 2 saturated carbocycles. The summed E-state index contributed by atoms with van der Waals surface area (Å²) in [5.41, 5.74) is 4.86. The van der Waals surface area contributed by atoms with Crippen LogP contribution in [0.1, 0.15) is 41.5 Å². The number of nitrogens with zero attached hydrogens (tertiary/aromatic N) is 4. The van der Waals surface area contributed by atoms with E-state index in [9.17, 15) is 18.7 Å². The number of imidazole rings is 1. The van der Waals surface area contributed by atoms with Crippen LogP contribution in [0, 0.1) is 24.7 Å². The number of pyridine rings is 1. The van der Waals surface area contributed by atoms with Crippen molar-refractivity contribution in [3.8, 4) is 16.9 Å². The lowest BCUT2D eigenvalue weighted by molar-refractivity contribution is -0.139. The number of benzene rings is 1. The van der Waals surface area contributed by atoms with Crippen LogP contribution in [0.3, 0.4) is 0 Å². The third-order valence-corrected chi connectivity index (χ3v) is 7.56. The fourth-order valence-electron chi connectivity index (χ4n) is 5.75. The lowest BCUT2D eigenvalue weighted by Gasteiger charge is -2.13. The van der Waals surface area contributed by atoms with E-state index in [-0.39, 0.29) is 29.4 Å². The number of rotatable bonds is 7. The maximum Gasteiger partial charge on any atom is 0.387 e. The van der Waals surface area contributed by atoms with Gasteiger partial charge in [0.2, 0.25) is 0 Å². The van der Waals surface area contributed by atoms with Crippen molar-refractivity contribution in [1.29, 1.82) is 0 Å². The van der Waals surface area contributed by atoms with Crippen LogP contribution in [0.5, 0.6) is 5.75 Å². The standard InChI is InChI=1S/C27H24F2N4O3/c1-14-21(10-15-4-2-3-5-22(15)36-27(28)29)33-13-16(6-7-23(33)32-14)18-11-30-25(31-12-18)17-8-19-20(9-17)24(19)26(34)35/h2-7,11-13,17,19-20,24,27H,8-10H2,1H3,(H,34,35)/t17?,19-,20+,24+. The number of hydrogen-bond acceptors (Lipinski definition) is 5. The minimum atomic E-state index is -2.89. The van der Waals surface area contributed by atoms with Crippen molar-refractivity contribution in [2.45, 2.75) is 38.7 Å². The number of para-hydroxylation sites is 1. The molecule has 4 aromatic rings. The average Bonchev–Trinajstić information content (AvgIpc) is 3.21. The van der Waals surface area contributed by atoms with Gasteiger partial charge in [-0.15, -0.1) is 0 Å². The third kappa shape index (κ3) is 3.98. The van der Waals surface area contributed by atoms with Crippen molar-refractivity contribution in [3.05, 3.63) is 77.8 Å². The van der Waals surface area contributed by atoms with Crippen LogP contribution in [0.2, 0.25) is 0 Å². The van der Waals surface area contributed by atoms with Crippen molar-refractivity contribution in [2.75, 3.05) is 0 Å². The van der Waals surface area contributed by atoms with E-state index in [1.807, 2.05) is 29.7 Å². The summed E-state index contributed by atoms with van der Waals surface area (Å²) >= 11 is 0. The number of aryl methyl sites for hydroxylation is 1. The first kappa shape index (κ1) is 22.6. The molecule has 0 bridgehead atoms. The predicted octanol–water partition coefficient (Wildman–Crippen LogP) is 5.12. The van der Waals surface area contributed by atoms with Gasteiger partial charge in [0.05, 0.1) is 11.6 Å². The number of halogens is 2. The van der Waals surface area contributed by atoms with Gasteiger partial charge in [-0.25, -0.2) is 15.0 Å². The monoisotopic (exact) mass is 490 g/mol. The van der Waals surface area contributed by atoms with Gasteiger partial charge in [-0.2, -0.15) is 8.78 Å². The summed E-state index contributed by atoms with van der Waals surface area (Å²) < 4.78 is 32.4. The third-order valence-electron chi connectivity index (χ3n) is 7.56. The largest absolute Gasteiger partial charge is 0.481 e. The number of alkyl halides is 2. The van der Waals surface area contributed by atoms with Gasteiger partial charge in [0.1, 0.15) is 17.2 Å². The van der Waals surface area contributed by atoms with Gasteiger partial charge in [-0.1, -0.05) is 18.2 Å². The summed E-state index contributed by atoms with van der Waals surface area (Å²) in [4.78, 5) is 25.1. The Balaban J connectivity index is 1.25. The number of aromatic nitrogens is 4. The van der Waals surface area contributed by atoms with Crippen molar-refractivity contribution < 1.29 is 23.4 Å². The summed E-state index contributed by atoms with van der Waals surface area (Å²) in [6.07, 6.45) is 7.62. The summed E-state index contributed by atoms with van der Waals surface area (Å²) in [6, 6.07) is 10.7. The predicted molar refractivity (Wildman–Crippen MR) is 127 cm³/mol. The van der Waals surface area contributed by atoms with Crippen LogP contribution in [0.25, 0.3) is 16.8 Å². The highest BCUT2D eigenvalue weighted by Gasteiger charge is 2.60. The molecule has 9 heteroatoms. The maximum atomic E-state index is 12.9. The first-order chi connectivity index (χ1) is 17.4. The first-order valence-electron chi connectivity index (χ1n) is 11.9. The Hall–Kier alpha value is -3.88. The quantitative estimate of drug-likeness (QED) is 0.387. The molecule has 0 amide bonds. The molecule has 3 aromatic heterocycles. The Kier molecular flexibility index (Phi) is 5.43. The molecule has 2 fully saturated rings. The summed E-state index contributed by atoms with van der Waals surface area (Å²) in [7, 11) is 0. The minimum Gasteiger partial charge on any atom is -0.481 e. The molecule has 0 saturated heterocycles. The number of ether oxygens (including phenoxy) is 1. The Morgan fingerprint density at radius 2 is 1.83 bits per heavy atom. The van der Waals surface area contributed by atoms with Crippen molar-refractivity contribution in [2.24, 2.45) is 17.8 Å². The zero-order chi connectivity index (χ0) is 25.0. The Bertz CT molecular complexity index is 1440. The van der Waals surface area contributed by atoms with E-state index in [2.05, 4.69) is 15.0 Å². The normalized spacial score (nSPS) is 22.7. The van der Waals surface area contributed by atoms with Crippen LogP contribution in [0.4, 0.5) is 8.78 Å². The fourth-order valence-corrected chi connectivity index (χ4v) is 5.75. The Morgan fingerprint density at radius 1 is 1.11 bits per heavy atom. The van der Waals surface area contributed by atoms with E-state index in [4.69, 9.17) is 4.74 Å². The van der Waals surface area contributed by atoms with Crippen molar-refractivity contribution >= 4 is 11.6 Å². The number of carbonyl (C=O) groups is 1. The summed E-state index contributed by atoms with van der Waals surface area (Å²) in [5.74, 6) is 0.788. The molecule has 2 aliphatic rings. The van der Waals surface area contributed by atoms with Gasteiger partial charge >= 0.3 is 12.6 Å². The number of hydrogen-bond donors (Lipinski definition) is 1. The van der Waals surface area contributed by atoms with Gasteiger partial charge in [0, 0.05) is 53.3 Å². The molecule has 0 radical (unpaired) electrons. The van der Waals surface area contributed by atoms with E-state index >= 15 is 0 Å². The molecule has 3 heterocycles. The highest BCUT2D eigenvalue weighted by atomic mass is 19.3. The van der Waals surface area contributed by atoms with Gasteiger partial charge in [-0.05, 0) is 49.8 Å². The first-order valence-corrected chi connectivity index (χ1v) is 11.9. The second-order valence-electron chi connectivity index (χ2n) is 9.64. The highest BCUT2D eigenvalue weighted by molar-refractivity contribution is 5.74. The molecule has 4 atom stereocenters. The maximum absolute atomic E-state index is 12.9. The van der Waals surface area contributed by atoms with Crippen molar-refractivity contribution in [3.63, 3.8) is 0 Å².